The Balaban J connectivity index is 1.43. The summed E-state index contributed by atoms with van der Waals surface area (Å²) in [7, 11) is 0. The lowest BCUT2D eigenvalue weighted by molar-refractivity contribution is 0.0711. The summed E-state index contributed by atoms with van der Waals surface area (Å²) in [6.45, 7) is 1.98. The highest BCUT2D eigenvalue weighted by Gasteiger charge is 2.30. The van der Waals surface area contributed by atoms with Crippen LogP contribution in [0.5, 0.6) is 0 Å². The van der Waals surface area contributed by atoms with E-state index in [1.54, 1.807) is 6.20 Å². The number of thiophene rings is 1. The molecule has 0 bridgehead atoms. The second-order valence-electron chi connectivity index (χ2n) is 6.49. The average Bonchev–Trinajstić information content (AvgIpc) is 3.19. The standard InChI is InChI=1S/C17H16N4O2S/c22-16-15-11(3-4-18-16)7-14(24-15)17(23)20-5-6-21-12(9-20)8-13(19-21)10-1-2-10/h3-4,7-8,10H,1-2,5-6,9H2,(H,18,22). The first kappa shape index (κ1) is 14.0. The van der Waals surface area contributed by atoms with Crippen LogP contribution in [0.4, 0.5) is 0 Å². The van der Waals surface area contributed by atoms with E-state index in [0.29, 0.717) is 28.6 Å². The topological polar surface area (TPSA) is 71.0 Å². The maximum atomic E-state index is 12.8. The minimum absolute atomic E-state index is 0.00368. The average molecular weight is 340 g/mol. The van der Waals surface area contributed by atoms with Crippen LogP contribution in [-0.2, 0) is 13.1 Å². The molecule has 0 saturated heterocycles. The van der Waals surface area contributed by atoms with E-state index < -0.39 is 0 Å². The van der Waals surface area contributed by atoms with E-state index in [2.05, 4.69) is 16.1 Å². The fraction of sp³-hybridized carbons (Fsp3) is 0.353. The molecule has 1 amide bonds. The summed E-state index contributed by atoms with van der Waals surface area (Å²) in [6, 6.07) is 5.79. The zero-order valence-electron chi connectivity index (χ0n) is 13.0. The van der Waals surface area contributed by atoms with Gasteiger partial charge in [0.15, 0.2) is 0 Å². The van der Waals surface area contributed by atoms with Crippen LogP contribution in [0, 0.1) is 0 Å². The second-order valence-corrected chi connectivity index (χ2v) is 7.54. The lowest BCUT2D eigenvalue weighted by Crippen LogP contribution is -2.38. The molecule has 0 aromatic carbocycles. The molecule has 5 rings (SSSR count). The van der Waals surface area contributed by atoms with Crippen molar-refractivity contribution in [1.82, 2.24) is 19.7 Å². The van der Waals surface area contributed by atoms with Crippen LogP contribution < -0.4 is 5.56 Å². The maximum absolute atomic E-state index is 12.8. The summed E-state index contributed by atoms with van der Waals surface area (Å²) in [6.07, 6.45) is 4.08. The Labute approximate surface area is 141 Å². The molecule has 0 radical (unpaired) electrons. The number of nitrogens with zero attached hydrogens (tertiary/aromatic N) is 3. The molecule has 6 nitrogen and oxygen atoms in total. The first-order valence-electron chi connectivity index (χ1n) is 8.16. The highest BCUT2D eigenvalue weighted by molar-refractivity contribution is 7.20. The molecule has 1 aliphatic carbocycles. The van der Waals surface area contributed by atoms with Crippen molar-refractivity contribution >= 4 is 27.3 Å². The molecule has 0 spiro atoms. The highest BCUT2D eigenvalue weighted by Crippen LogP contribution is 2.39. The number of H-pyrrole nitrogens is 1. The predicted octanol–water partition coefficient (Wildman–Crippen LogP) is 2.32. The fourth-order valence-electron chi connectivity index (χ4n) is 3.28. The van der Waals surface area contributed by atoms with Crippen molar-refractivity contribution in [3.63, 3.8) is 0 Å². The van der Waals surface area contributed by atoms with Crippen molar-refractivity contribution in [2.75, 3.05) is 6.54 Å². The van der Waals surface area contributed by atoms with Crippen molar-refractivity contribution < 1.29 is 4.79 Å². The third-order valence-electron chi connectivity index (χ3n) is 4.75. The molecular formula is C17H16N4O2S. The van der Waals surface area contributed by atoms with Crippen LogP contribution in [0.3, 0.4) is 0 Å². The first-order chi connectivity index (χ1) is 11.7. The van der Waals surface area contributed by atoms with Gasteiger partial charge in [-0.25, -0.2) is 0 Å². The van der Waals surface area contributed by atoms with E-state index in [1.165, 1.54) is 29.9 Å². The number of aromatic nitrogens is 3. The number of carbonyl (C=O) groups is 1. The molecule has 1 N–H and O–H groups in total. The minimum Gasteiger partial charge on any atom is -0.330 e. The summed E-state index contributed by atoms with van der Waals surface area (Å²) in [5.41, 5.74) is 2.14. The molecule has 0 unspecified atom stereocenters. The van der Waals surface area contributed by atoms with Crippen LogP contribution in [0.15, 0.2) is 29.2 Å². The first-order valence-corrected chi connectivity index (χ1v) is 8.98. The lowest BCUT2D eigenvalue weighted by atomic mass is 10.2. The molecule has 1 aliphatic heterocycles. The molecule has 24 heavy (non-hydrogen) atoms. The third-order valence-corrected chi connectivity index (χ3v) is 5.89. The smallest absolute Gasteiger partial charge is 0.265 e. The van der Waals surface area contributed by atoms with Crippen LogP contribution in [0.2, 0.25) is 0 Å². The van der Waals surface area contributed by atoms with Crippen LogP contribution in [0.25, 0.3) is 10.1 Å². The number of aromatic amines is 1. The third kappa shape index (κ3) is 2.19. The number of hydrogen-bond acceptors (Lipinski definition) is 4. The predicted molar refractivity (Wildman–Crippen MR) is 91.4 cm³/mol. The van der Waals surface area contributed by atoms with E-state index in [-0.39, 0.29) is 11.5 Å². The Morgan fingerprint density at radius 2 is 2.17 bits per heavy atom. The Kier molecular flexibility index (Phi) is 2.94. The van der Waals surface area contributed by atoms with Gasteiger partial charge in [-0.1, -0.05) is 0 Å². The number of pyridine rings is 1. The highest BCUT2D eigenvalue weighted by atomic mass is 32.1. The quantitative estimate of drug-likeness (QED) is 0.778. The molecule has 7 heteroatoms. The number of amides is 1. The summed E-state index contributed by atoms with van der Waals surface area (Å²) >= 11 is 1.27. The Morgan fingerprint density at radius 1 is 1.29 bits per heavy atom. The molecule has 3 aromatic heterocycles. The molecular weight excluding hydrogens is 324 g/mol. The number of fused-ring (bicyclic) bond motifs is 2. The van der Waals surface area contributed by atoms with Gasteiger partial charge in [0.1, 0.15) is 4.70 Å². The van der Waals surface area contributed by atoms with Gasteiger partial charge in [-0.2, -0.15) is 5.10 Å². The van der Waals surface area contributed by atoms with Gasteiger partial charge >= 0.3 is 0 Å². The molecule has 3 aromatic rings. The van der Waals surface area contributed by atoms with E-state index in [1.807, 2.05) is 21.7 Å². The van der Waals surface area contributed by atoms with Gasteiger partial charge in [0.05, 0.1) is 29.4 Å². The zero-order valence-corrected chi connectivity index (χ0v) is 13.8. The molecule has 2 aliphatic rings. The normalized spacial score (nSPS) is 17.2. The monoisotopic (exact) mass is 340 g/mol. The van der Waals surface area contributed by atoms with Crippen molar-refractivity contribution in [2.24, 2.45) is 0 Å². The lowest BCUT2D eigenvalue weighted by Gasteiger charge is -2.27. The van der Waals surface area contributed by atoms with Gasteiger partial charge in [-0.3, -0.25) is 14.3 Å². The van der Waals surface area contributed by atoms with Crippen LogP contribution in [-0.4, -0.2) is 32.1 Å². The number of rotatable bonds is 2. The van der Waals surface area contributed by atoms with Crippen LogP contribution in [0.1, 0.15) is 39.8 Å². The van der Waals surface area contributed by atoms with Crippen molar-refractivity contribution in [2.45, 2.75) is 31.8 Å². The van der Waals surface area contributed by atoms with Crippen molar-refractivity contribution in [3.8, 4) is 0 Å². The summed E-state index contributed by atoms with van der Waals surface area (Å²) in [4.78, 5) is 29.8. The zero-order chi connectivity index (χ0) is 16.3. The van der Waals surface area contributed by atoms with Gasteiger partial charge in [0, 0.05) is 24.0 Å². The SMILES string of the molecule is O=C(c1cc2cc[nH]c(=O)c2s1)N1CCn2nc(C3CC3)cc2C1. The largest absolute Gasteiger partial charge is 0.330 e. The molecule has 0 atom stereocenters. The fourth-order valence-corrected chi connectivity index (χ4v) is 4.30. The number of hydrogen-bond donors (Lipinski definition) is 1. The molecule has 1 fully saturated rings. The van der Waals surface area contributed by atoms with Gasteiger partial charge in [0.25, 0.3) is 11.5 Å². The van der Waals surface area contributed by atoms with Crippen LogP contribution >= 0.6 is 11.3 Å². The summed E-state index contributed by atoms with van der Waals surface area (Å²) in [5, 5.41) is 5.49. The summed E-state index contributed by atoms with van der Waals surface area (Å²) in [5.74, 6) is 0.623. The van der Waals surface area contributed by atoms with Crippen molar-refractivity contribution in [3.05, 3.63) is 51.0 Å². The minimum atomic E-state index is -0.137. The second kappa shape index (κ2) is 5.04. The number of nitrogens with one attached hydrogen (secondary N) is 1. The molecule has 4 heterocycles. The Morgan fingerprint density at radius 3 is 2.96 bits per heavy atom. The van der Waals surface area contributed by atoms with E-state index >= 15 is 0 Å². The summed E-state index contributed by atoms with van der Waals surface area (Å²) < 4.78 is 2.64. The van der Waals surface area contributed by atoms with Gasteiger partial charge in [-0.05, 0) is 31.0 Å². The van der Waals surface area contributed by atoms with Gasteiger partial charge in [0.2, 0.25) is 0 Å². The Hall–Kier alpha value is -2.41. The van der Waals surface area contributed by atoms with Gasteiger partial charge < -0.3 is 9.88 Å². The maximum Gasteiger partial charge on any atom is 0.265 e. The molecule has 1 saturated carbocycles. The Bertz CT molecular complexity index is 1010. The van der Waals surface area contributed by atoms with Gasteiger partial charge in [-0.15, -0.1) is 11.3 Å². The molecule has 122 valence electrons. The van der Waals surface area contributed by atoms with Crippen molar-refractivity contribution in [1.29, 1.82) is 0 Å². The van der Waals surface area contributed by atoms with E-state index in [0.717, 1.165) is 17.6 Å². The van der Waals surface area contributed by atoms with E-state index in [9.17, 15) is 9.59 Å². The van der Waals surface area contributed by atoms with E-state index in [4.69, 9.17) is 0 Å². The number of carbonyl (C=O) groups excluding carboxylic acids is 1.